The van der Waals surface area contributed by atoms with E-state index in [-0.39, 0.29) is 6.09 Å². The zero-order valence-corrected chi connectivity index (χ0v) is 21.1. The number of carbonyl (C=O) groups is 1. The highest BCUT2D eigenvalue weighted by atomic mass is 32.2. The van der Waals surface area contributed by atoms with Crippen LogP contribution in [-0.2, 0) is 15.5 Å². The van der Waals surface area contributed by atoms with Crippen molar-refractivity contribution in [2.24, 2.45) is 0 Å². The normalized spacial score (nSPS) is 16.9. The zero-order valence-electron chi connectivity index (χ0n) is 20.3. The number of nitrogens with zero attached hydrogens (tertiary/aromatic N) is 4. The number of fused-ring (bicyclic) bond motifs is 1. The Morgan fingerprint density at radius 1 is 1.12 bits per heavy atom. The Bertz CT molecular complexity index is 982. The quantitative estimate of drug-likeness (QED) is 0.674. The molecule has 8 nitrogen and oxygen atoms in total. The number of pyridine rings is 1. The number of carbonyl (C=O) groups excluding carboxylic acids is 1. The van der Waals surface area contributed by atoms with Crippen LogP contribution in [0.5, 0.6) is 5.75 Å². The third kappa shape index (κ3) is 6.01. The fraction of sp³-hybridized carbons (Fsp3) is 0.652. The largest absolute Gasteiger partial charge is 0.491 e. The molecule has 0 radical (unpaired) electrons. The molecule has 1 fully saturated rings. The molecule has 0 N–H and O–H groups in total. The summed E-state index contributed by atoms with van der Waals surface area (Å²) in [6, 6.07) is 1.87. The van der Waals surface area contributed by atoms with Gasteiger partial charge in [-0.2, -0.15) is 0 Å². The van der Waals surface area contributed by atoms with E-state index in [2.05, 4.69) is 9.88 Å². The predicted octanol–water partition coefficient (Wildman–Crippen LogP) is 3.48. The first-order valence-electron chi connectivity index (χ1n) is 11.1. The molecule has 1 amide bonds. The average molecular weight is 465 g/mol. The van der Waals surface area contributed by atoms with Crippen molar-refractivity contribution >= 4 is 22.5 Å². The minimum atomic E-state index is -1.23. The Kier molecular flexibility index (Phi) is 7.19. The second-order valence-corrected chi connectivity index (χ2v) is 12.4. The number of hydrogen-bond donors (Lipinski definition) is 0. The summed E-state index contributed by atoms with van der Waals surface area (Å²) >= 11 is 0. The lowest BCUT2D eigenvalue weighted by Gasteiger charge is -2.35. The first-order valence-corrected chi connectivity index (χ1v) is 12.2. The minimum Gasteiger partial charge on any atom is -0.491 e. The summed E-state index contributed by atoms with van der Waals surface area (Å²) < 4.78 is 26.3. The van der Waals surface area contributed by atoms with Gasteiger partial charge in [-0.15, -0.1) is 0 Å². The summed E-state index contributed by atoms with van der Waals surface area (Å²) in [5.41, 5.74) is 1.28. The van der Waals surface area contributed by atoms with Crippen LogP contribution in [0.1, 0.15) is 47.2 Å². The van der Waals surface area contributed by atoms with Gasteiger partial charge in [-0.05, 0) is 48.5 Å². The monoisotopic (exact) mass is 464 g/mol. The highest BCUT2D eigenvalue weighted by molar-refractivity contribution is 7.86. The van der Waals surface area contributed by atoms with E-state index in [0.29, 0.717) is 30.3 Å². The fourth-order valence-corrected chi connectivity index (χ4v) is 4.62. The molecule has 3 heterocycles. The lowest BCUT2D eigenvalue weighted by molar-refractivity contribution is 0.0136. The first kappa shape index (κ1) is 24.5. The fourth-order valence-electron chi connectivity index (χ4n) is 3.46. The molecule has 3 rings (SSSR count). The third-order valence-electron chi connectivity index (χ3n) is 5.20. The molecule has 32 heavy (non-hydrogen) atoms. The van der Waals surface area contributed by atoms with E-state index < -0.39 is 21.1 Å². The molecule has 1 unspecified atom stereocenters. The standard InChI is InChI=1S/C23H36N4O4S/c1-17-15-24-20-14-18(19(16-27(17)20)32(29)23(5,6)7)30-13-12-25-8-10-26(11-9-25)21(28)31-22(2,3)4/h14-16H,8-13H2,1-7H3. The van der Waals surface area contributed by atoms with E-state index in [1.807, 2.05) is 65.1 Å². The van der Waals surface area contributed by atoms with Crippen LogP contribution in [0.15, 0.2) is 23.4 Å². The predicted molar refractivity (Wildman–Crippen MR) is 126 cm³/mol. The van der Waals surface area contributed by atoms with Crippen LogP contribution >= 0.6 is 0 Å². The minimum absolute atomic E-state index is 0.258. The molecule has 1 saturated heterocycles. The van der Waals surface area contributed by atoms with Gasteiger partial charge in [-0.3, -0.25) is 9.11 Å². The number of imidazole rings is 1. The van der Waals surface area contributed by atoms with Crippen molar-refractivity contribution < 1.29 is 18.5 Å². The van der Waals surface area contributed by atoms with E-state index >= 15 is 0 Å². The van der Waals surface area contributed by atoms with Crippen molar-refractivity contribution in [1.29, 1.82) is 0 Å². The van der Waals surface area contributed by atoms with Gasteiger partial charge in [-0.1, -0.05) is 0 Å². The third-order valence-corrected chi connectivity index (χ3v) is 7.02. The Labute approximate surface area is 193 Å². The van der Waals surface area contributed by atoms with Crippen molar-refractivity contribution in [3.05, 3.63) is 24.2 Å². The number of hydrogen-bond acceptors (Lipinski definition) is 6. The van der Waals surface area contributed by atoms with Gasteiger partial charge < -0.3 is 18.8 Å². The first-order chi connectivity index (χ1) is 14.8. The van der Waals surface area contributed by atoms with Crippen LogP contribution < -0.4 is 4.74 Å². The van der Waals surface area contributed by atoms with Crippen LogP contribution in [0.2, 0.25) is 0 Å². The van der Waals surface area contributed by atoms with Crippen LogP contribution in [0.4, 0.5) is 4.79 Å². The van der Waals surface area contributed by atoms with Gasteiger partial charge >= 0.3 is 6.09 Å². The van der Waals surface area contributed by atoms with E-state index in [9.17, 15) is 9.00 Å². The van der Waals surface area contributed by atoms with Gasteiger partial charge in [0.15, 0.2) is 0 Å². The Morgan fingerprint density at radius 2 is 1.78 bits per heavy atom. The molecule has 2 aromatic heterocycles. The maximum absolute atomic E-state index is 13.2. The lowest BCUT2D eigenvalue weighted by Crippen LogP contribution is -2.50. The topological polar surface area (TPSA) is 76.4 Å². The van der Waals surface area contributed by atoms with Crippen molar-refractivity contribution in [3.63, 3.8) is 0 Å². The van der Waals surface area contributed by atoms with Gasteiger partial charge in [-0.25, -0.2) is 9.78 Å². The van der Waals surface area contributed by atoms with Gasteiger partial charge in [0.05, 0.1) is 15.7 Å². The number of aromatic nitrogens is 2. The molecule has 0 saturated carbocycles. The number of aryl methyl sites for hydroxylation is 1. The second kappa shape index (κ2) is 9.39. The van der Waals surface area contributed by atoms with Crippen LogP contribution in [0.3, 0.4) is 0 Å². The number of amides is 1. The molecule has 2 aromatic rings. The molecule has 1 aliphatic rings. The van der Waals surface area contributed by atoms with Crippen molar-refractivity contribution in [1.82, 2.24) is 19.2 Å². The SMILES string of the molecule is Cc1cnc2cc(OCCN3CCN(C(=O)OC(C)(C)C)CC3)c(S(=O)C(C)(C)C)cn12. The molecule has 0 bridgehead atoms. The molecular weight excluding hydrogens is 428 g/mol. The molecule has 178 valence electrons. The maximum atomic E-state index is 13.2. The molecule has 1 aliphatic heterocycles. The van der Waals surface area contributed by atoms with Crippen molar-refractivity contribution in [2.45, 2.75) is 63.7 Å². The smallest absolute Gasteiger partial charge is 0.410 e. The van der Waals surface area contributed by atoms with E-state index in [1.54, 1.807) is 11.1 Å². The molecule has 1 atom stereocenters. The summed E-state index contributed by atoms with van der Waals surface area (Å²) in [5.74, 6) is 0.615. The summed E-state index contributed by atoms with van der Waals surface area (Å²) in [6.07, 6.45) is 3.42. The number of rotatable bonds is 5. The number of piperazine rings is 1. The van der Waals surface area contributed by atoms with E-state index in [0.717, 1.165) is 31.0 Å². The van der Waals surface area contributed by atoms with E-state index in [1.165, 1.54) is 0 Å². The Balaban J connectivity index is 1.61. The van der Waals surface area contributed by atoms with Gasteiger partial charge in [0, 0.05) is 61.6 Å². The summed E-state index contributed by atoms with van der Waals surface area (Å²) in [6.45, 7) is 17.5. The Hall–Kier alpha value is -2.13. The van der Waals surface area contributed by atoms with E-state index in [4.69, 9.17) is 9.47 Å². The van der Waals surface area contributed by atoms with Crippen LogP contribution in [-0.4, -0.2) is 79.2 Å². The highest BCUT2D eigenvalue weighted by Crippen LogP contribution is 2.30. The van der Waals surface area contributed by atoms with Gasteiger partial charge in [0.25, 0.3) is 0 Å². The molecule has 0 aromatic carbocycles. The van der Waals surface area contributed by atoms with Crippen LogP contribution in [0.25, 0.3) is 5.65 Å². The molecule has 9 heteroatoms. The zero-order chi connectivity index (χ0) is 23.7. The van der Waals surface area contributed by atoms with Gasteiger partial charge in [0.2, 0.25) is 0 Å². The summed E-state index contributed by atoms with van der Waals surface area (Å²) in [4.78, 5) is 21.3. The van der Waals surface area contributed by atoms with Crippen LogP contribution in [0, 0.1) is 6.92 Å². The molecular formula is C23H36N4O4S. The second-order valence-electron chi connectivity index (χ2n) is 10.2. The average Bonchev–Trinajstić information content (AvgIpc) is 3.05. The summed E-state index contributed by atoms with van der Waals surface area (Å²) in [7, 11) is -1.23. The Morgan fingerprint density at radius 3 is 2.38 bits per heavy atom. The number of ether oxygens (including phenoxy) is 2. The lowest BCUT2D eigenvalue weighted by atomic mass is 10.2. The molecule has 0 aliphatic carbocycles. The van der Waals surface area contributed by atoms with Gasteiger partial charge in [0.1, 0.15) is 23.6 Å². The maximum Gasteiger partial charge on any atom is 0.410 e. The van der Waals surface area contributed by atoms with Crippen molar-refractivity contribution in [3.8, 4) is 5.75 Å². The summed E-state index contributed by atoms with van der Waals surface area (Å²) in [5, 5.41) is 0. The molecule has 0 spiro atoms. The highest BCUT2D eigenvalue weighted by Gasteiger charge is 2.27. The van der Waals surface area contributed by atoms with Crippen molar-refractivity contribution in [2.75, 3.05) is 39.3 Å².